The molecule has 0 unspecified atom stereocenters. The van der Waals surface area contributed by atoms with Crippen molar-refractivity contribution in [1.29, 1.82) is 0 Å². The third-order valence-corrected chi connectivity index (χ3v) is 8.70. The van der Waals surface area contributed by atoms with Gasteiger partial charge in [-0.3, -0.25) is 13.9 Å². The first kappa shape index (κ1) is 31.1. The van der Waals surface area contributed by atoms with Crippen LogP contribution in [-0.4, -0.2) is 43.8 Å². The number of carbonyl (C=O) groups excluding carboxylic acids is 2. The fourth-order valence-electron chi connectivity index (χ4n) is 4.12. The Labute approximate surface area is 241 Å². The SMILES string of the molecule is CC[C@@H](C)NC(=O)[C@@H](CC)N(Cc1ccc(F)cc1)C(=O)CN(c1ccc(Cl)cc1)S(=O)(=O)c1ccc(C)cc1. The minimum absolute atomic E-state index is 0.00934. The minimum Gasteiger partial charge on any atom is -0.352 e. The maximum Gasteiger partial charge on any atom is 0.264 e. The number of hydrogen-bond acceptors (Lipinski definition) is 4. The standard InChI is InChI=1S/C30H35ClFN3O4S/c1-5-22(4)33-30(37)28(6-2)34(19-23-9-13-25(32)14-10-23)29(36)20-35(26-15-11-24(31)12-16-26)40(38,39)27-17-7-21(3)8-18-27/h7-18,22,28H,5-6,19-20H2,1-4H3,(H,33,37)/t22-,28-/m1/s1. The van der Waals surface area contributed by atoms with Gasteiger partial charge in [0, 0.05) is 17.6 Å². The Morgan fingerprint density at radius 2 is 1.52 bits per heavy atom. The van der Waals surface area contributed by atoms with E-state index in [-0.39, 0.29) is 29.1 Å². The van der Waals surface area contributed by atoms with Crippen molar-refractivity contribution in [3.8, 4) is 0 Å². The summed E-state index contributed by atoms with van der Waals surface area (Å²) in [5, 5.41) is 3.33. The molecule has 7 nitrogen and oxygen atoms in total. The van der Waals surface area contributed by atoms with Gasteiger partial charge in [0.25, 0.3) is 10.0 Å². The molecule has 3 aromatic carbocycles. The molecule has 1 N–H and O–H groups in total. The zero-order valence-corrected chi connectivity index (χ0v) is 24.7. The Morgan fingerprint density at radius 3 is 2.08 bits per heavy atom. The lowest BCUT2D eigenvalue weighted by Gasteiger charge is -2.33. The number of halogens is 2. The number of rotatable bonds is 12. The molecule has 0 aliphatic rings. The normalized spacial score (nSPS) is 12.8. The van der Waals surface area contributed by atoms with E-state index in [1.54, 1.807) is 31.2 Å². The number of anilines is 1. The van der Waals surface area contributed by atoms with Crippen molar-refractivity contribution in [3.05, 3.63) is 94.8 Å². The smallest absolute Gasteiger partial charge is 0.264 e. The van der Waals surface area contributed by atoms with Crippen LogP contribution in [0, 0.1) is 12.7 Å². The first-order valence-corrected chi connectivity index (χ1v) is 15.0. The summed E-state index contributed by atoms with van der Waals surface area (Å²) in [6.45, 7) is 6.86. The lowest BCUT2D eigenvalue weighted by Crippen LogP contribution is -2.53. The molecule has 2 amide bonds. The van der Waals surface area contributed by atoms with E-state index >= 15 is 0 Å². The van der Waals surface area contributed by atoms with Crippen LogP contribution in [-0.2, 0) is 26.2 Å². The fourth-order valence-corrected chi connectivity index (χ4v) is 5.66. The van der Waals surface area contributed by atoms with Crippen LogP contribution in [0.2, 0.25) is 5.02 Å². The van der Waals surface area contributed by atoms with Crippen molar-refractivity contribution < 1.29 is 22.4 Å². The number of amides is 2. The average Bonchev–Trinajstić information content (AvgIpc) is 2.93. The summed E-state index contributed by atoms with van der Waals surface area (Å²) in [5.74, 6) is -1.35. The first-order valence-electron chi connectivity index (χ1n) is 13.2. The third-order valence-electron chi connectivity index (χ3n) is 6.66. The van der Waals surface area contributed by atoms with E-state index in [1.165, 1.54) is 53.4 Å². The van der Waals surface area contributed by atoms with Crippen LogP contribution in [0.15, 0.2) is 77.7 Å². The Balaban J connectivity index is 2.04. The third kappa shape index (κ3) is 7.82. The number of nitrogens with one attached hydrogen (secondary N) is 1. The molecule has 0 heterocycles. The van der Waals surface area contributed by atoms with Crippen molar-refractivity contribution in [2.24, 2.45) is 0 Å². The summed E-state index contributed by atoms with van der Waals surface area (Å²) < 4.78 is 42.3. The van der Waals surface area contributed by atoms with E-state index in [9.17, 15) is 22.4 Å². The van der Waals surface area contributed by atoms with Gasteiger partial charge in [-0.25, -0.2) is 12.8 Å². The van der Waals surface area contributed by atoms with E-state index in [4.69, 9.17) is 11.6 Å². The molecule has 3 rings (SSSR count). The number of hydrogen-bond donors (Lipinski definition) is 1. The van der Waals surface area contributed by atoms with Crippen molar-refractivity contribution in [1.82, 2.24) is 10.2 Å². The molecule has 3 aromatic rings. The van der Waals surface area contributed by atoms with Crippen molar-refractivity contribution >= 4 is 39.1 Å². The van der Waals surface area contributed by atoms with Gasteiger partial charge >= 0.3 is 0 Å². The molecular formula is C30H35ClFN3O4S. The van der Waals surface area contributed by atoms with Crippen LogP contribution in [0.3, 0.4) is 0 Å². The van der Waals surface area contributed by atoms with Crippen LogP contribution < -0.4 is 9.62 Å². The maximum absolute atomic E-state index is 14.0. The summed E-state index contributed by atoms with van der Waals surface area (Å²) in [4.78, 5) is 28.6. The zero-order chi connectivity index (χ0) is 29.4. The Bertz CT molecular complexity index is 1400. The predicted molar refractivity (Wildman–Crippen MR) is 156 cm³/mol. The molecule has 40 heavy (non-hydrogen) atoms. The Morgan fingerprint density at radius 1 is 0.925 bits per heavy atom. The van der Waals surface area contributed by atoms with Gasteiger partial charge in [0.2, 0.25) is 11.8 Å². The van der Waals surface area contributed by atoms with Gasteiger partial charge in [0.15, 0.2) is 0 Å². The molecular weight excluding hydrogens is 553 g/mol. The van der Waals surface area contributed by atoms with E-state index in [1.807, 2.05) is 20.8 Å². The zero-order valence-electron chi connectivity index (χ0n) is 23.1. The van der Waals surface area contributed by atoms with Crippen LogP contribution >= 0.6 is 11.6 Å². The van der Waals surface area contributed by atoms with Gasteiger partial charge in [-0.1, -0.05) is 55.3 Å². The molecule has 0 bridgehead atoms. The number of benzene rings is 3. The highest BCUT2D eigenvalue weighted by atomic mass is 35.5. The van der Waals surface area contributed by atoms with E-state index in [0.717, 1.165) is 9.87 Å². The fraction of sp³-hybridized carbons (Fsp3) is 0.333. The molecule has 0 saturated heterocycles. The molecule has 2 atom stereocenters. The highest BCUT2D eigenvalue weighted by Gasteiger charge is 2.34. The molecule has 0 aromatic heterocycles. The molecule has 0 fully saturated rings. The van der Waals surface area contributed by atoms with Crippen molar-refractivity contribution in [2.75, 3.05) is 10.8 Å². The molecule has 0 saturated carbocycles. The Kier molecular flexibility index (Phi) is 10.7. The maximum atomic E-state index is 14.0. The van der Waals surface area contributed by atoms with Crippen molar-refractivity contribution in [3.63, 3.8) is 0 Å². The van der Waals surface area contributed by atoms with Crippen LogP contribution in [0.1, 0.15) is 44.7 Å². The summed E-state index contributed by atoms with van der Waals surface area (Å²) in [6, 6.07) is 17.1. The largest absolute Gasteiger partial charge is 0.352 e. The van der Waals surface area contributed by atoms with Crippen LogP contribution in [0.4, 0.5) is 10.1 Å². The number of nitrogens with zero attached hydrogens (tertiary/aromatic N) is 2. The molecule has 214 valence electrons. The molecule has 0 aliphatic carbocycles. The second kappa shape index (κ2) is 13.8. The topological polar surface area (TPSA) is 86.8 Å². The van der Waals surface area contributed by atoms with Gasteiger partial charge in [-0.2, -0.15) is 0 Å². The second-order valence-corrected chi connectivity index (χ2v) is 12.0. The number of aryl methyl sites for hydroxylation is 1. The van der Waals surface area contributed by atoms with Gasteiger partial charge < -0.3 is 10.2 Å². The van der Waals surface area contributed by atoms with Crippen LogP contribution in [0.5, 0.6) is 0 Å². The van der Waals surface area contributed by atoms with E-state index in [0.29, 0.717) is 23.4 Å². The monoisotopic (exact) mass is 587 g/mol. The van der Waals surface area contributed by atoms with Gasteiger partial charge in [0.05, 0.1) is 10.6 Å². The van der Waals surface area contributed by atoms with Gasteiger partial charge in [0.1, 0.15) is 18.4 Å². The first-order chi connectivity index (χ1) is 19.0. The summed E-state index contributed by atoms with van der Waals surface area (Å²) in [5.41, 5.74) is 1.73. The number of sulfonamides is 1. The Hall–Kier alpha value is -3.43. The lowest BCUT2D eigenvalue weighted by atomic mass is 10.1. The average molecular weight is 588 g/mol. The molecule has 0 spiro atoms. The summed E-state index contributed by atoms with van der Waals surface area (Å²) in [6.07, 6.45) is 0.994. The summed E-state index contributed by atoms with van der Waals surface area (Å²) >= 11 is 6.06. The van der Waals surface area contributed by atoms with Gasteiger partial charge in [-0.15, -0.1) is 0 Å². The summed E-state index contributed by atoms with van der Waals surface area (Å²) in [7, 11) is -4.17. The van der Waals surface area contributed by atoms with Crippen molar-refractivity contribution in [2.45, 2.75) is 64.1 Å². The van der Waals surface area contributed by atoms with Gasteiger partial charge in [-0.05, 0) is 80.8 Å². The minimum atomic E-state index is -4.17. The predicted octanol–water partition coefficient (Wildman–Crippen LogP) is 5.70. The number of carbonyl (C=O) groups is 2. The molecule has 10 heteroatoms. The molecule has 0 aliphatic heterocycles. The quantitative estimate of drug-likeness (QED) is 0.294. The highest BCUT2D eigenvalue weighted by molar-refractivity contribution is 7.92. The highest BCUT2D eigenvalue weighted by Crippen LogP contribution is 2.26. The second-order valence-electron chi connectivity index (χ2n) is 9.69. The van der Waals surface area contributed by atoms with E-state index in [2.05, 4.69) is 5.32 Å². The van der Waals surface area contributed by atoms with E-state index < -0.39 is 34.3 Å². The molecule has 0 radical (unpaired) electrons. The lowest BCUT2D eigenvalue weighted by molar-refractivity contribution is -0.140. The van der Waals surface area contributed by atoms with Crippen LogP contribution in [0.25, 0.3) is 0 Å².